The number of nitrogens with zero attached hydrogens (tertiary/aromatic N) is 1. The zero-order chi connectivity index (χ0) is 12.3. The standard InChI is InChI=1S/C13H20FN3/c1-2-17-7-6-10(9-17)8-16-12-5-3-4-11(14)13(12)15/h3-5,10,16H,2,6-9,15H2,1H3. The van der Waals surface area contributed by atoms with Crippen molar-refractivity contribution in [3.8, 4) is 0 Å². The van der Waals surface area contributed by atoms with Gasteiger partial charge < -0.3 is 16.0 Å². The summed E-state index contributed by atoms with van der Waals surface area (Å²) >= 11 is 0. The van der Waals surface area contributed by atoms with Crippen LogP contribution in [0.15, 0.2) is 18.2 Å². The molecule has 0 saturated carbocycles. The lowest BCUT2D eigenvalue weighted by molar-refractivity contribution is 0.345. The summed E-state index contributed by atoms with van der Waals surface area (Å²) in [4.78, 5) is 2.43. The quantitative estimate of drug-likeness (QED) is 0.788. The lowest BCUT2D eigenvalue weighted by Gasteiger charge is -2.15. The van der Waals surface area contributed by atoms with Crippen LogP contribution in [0.1, 0.15) is 13.3 Å². The van der Waals surface area contributed by atoms with E-state index < -0.39 is 0 Å². The molecule has 0 amide bonds. The first-order chi connectivity index (χ1) is 8.20. The fourth-order valence-electron chi connectivity index (χ4n) is 2.31. The summed E-state index contributed by atoms with van der Waals surface area (Å²) in [5, 5.41) is 3.25. The van der Waals surface area contributed by atoms with Crippen LogP contribution in [-0.4, -0.2) is 31.1 Å². The number of nitrogens with one attached hydrogen (secondary N) is 1. The summed E-state index contributed by atoms with van der Waals surface area (Å²) in [6.07, 6.45) is 1.20. The number of hydrogen-bond donors (Lipinski definition) is 2. The van der Waals surface area contributed by atoms with Crippen LogP contribution in [0, 0.1) is 11.7 Å². The Morgan fingerprint density at radius 2 is 2.35 bits per heavy atom. The third-order valence-corrected chi connectivity index (χ3v) is 3.45. The molecule has 0 aliphatic carbocycles. The predicted molar refractivity (Wildman–Crippen MR) is 69.5 cm³/mol. The van der Waals surface area contributed by atoms with Crippen LogP contribution >= 0.6 is 0 Å². The lowest BCUT2D eigenvalue weighted by atomic mass is 10.1. The molecule has 0 spiro atoms. The number of hydrogen-bond acceptors (Lipinski definition) is 3. The number of likely N-dealkylation sites (tertiary alicyclic amines) is 1. The minimum atomic E-state index is -0.350. The number of anilines is 2. The summed E-state index contributed by atoms with van der Waals surface area (Å²) in [5.41, 5.74) is 6.60. The van der Waals surface area contributed by atoms with Crippen molar-refractivity contribution < 1.29 is 4.39 Å². The Hall–Kier alpha value is -1.29. The molecule has 1 fully saturated rings. The van der Waals surface area contributed by atoms with E-state index >= 15 is 0 Å². The van der Waals surface area contributed by atoms with Gasteiger partial charge in [0, 0.05) is 13.1 Å². The molecule has 1 unspecified atom stereocenters. The molecule has 4 heteroatoms. The molecule has 0 radical (unpaired) electrons. The van der Waals surface area contributed by atoms with E-state index in [-0.39, 0.29) is 11.5 Å². The Labute approximate surface area is 102 Å². The second-order valence-corrected chi connectivity index (χ2v) is 4.63. The van der Waals surface area contributed by atoms with Gasteiger partial charge in [-0.05, 0) is 37.6 Å². The van der Waals surface area contributed by atoms with Gasteiger partial charge in [-0.15, -0.1) is 0 Å². The molecule has 1 saturated heterocycles. The molecule has 0 bridgehead atoms. The van der Waals surface area contributed by atoms with Crippen molar-refractivity contribution >= 4 is 11.4 Å². The maximum Gasteiger partial charge on any atom is 0.148 e. The Morgan fingerprint density at radius 3 is 3.06 bits per heavy atom. The number of para-hydroxylation sites is 1. The molecule has 94 valence electrons. The maximum atomic E-state index is 13.2. The van der Waals surface area contributed by atoms with Gasteiger partial charge in [-0.3, -0.25) is 0 Å². The molecule has 1 atom stereocenters. The molecule has 3 nitrogen and oxygen atoms in total. The van der Waals surface area contributed by atoms with Gasteiger partial charge in [0.1, 0.15) is 5.82 Å². The van der Waals surface area contributed by atoms with Gasteiger partial charge in [0.2, 0.25) is 0 Å². The molecule has 3 N–H and O–H groups in total. The van der Waals surface area contributed by atoms with Crippen molar-refractivity contribution in [3.63, 3.8) is 0 Å². The van der Waals surface area contributed by atoms with E-state index in [0.717, 1.165) is 19.6 Å². The summed E-state index contributed by atoms with van der Waals surface area (Å²) in [5.74, 6) is 0.286. The van der Waals surface area contributed by atoms with Crippen molar-refractivity contribution in [3.05, 3.63) is 24.0 Å². The monoisotopic (exact) mass is 237 g/mol. The van der Waals surface area contributed by atoms with Gasteiger partial charge in [0.25, 0.3) is 0 Å². The molecule has 17 heavy (non-hydrogen) atoms. The molecule has 1 aromatic carbocycles. The Bertz CT molecular complexity index is 381. The fourth-order valence-corrected chi connectivity index (χ4v) is 2.31. The Kier molecular flexibility index (Phi) is 3.84. The first-order valence-corrected chi connectivity index (χ1v) is 6.21. The van der Waals surface area contributed by atoms with Crippen LogP contribution in [0.4, 0.5) is 15.8 Å². The highest BCUT2D eigenvalue weighted by molar-refractivity contribution is 5.66. The summed E-state index contributed by atoms with van der Waals surface area (Å²) in [6, 6.07) is 4.89. The second kappa shape index (κ2) is 5.36. The first kappa shape index (κ1) is 12.2. The highest BCUT2D eigenvalue weighted by Gasteiger charge is 2.20. The zero-order valence-electron chi connectivity index (χ0n) is 10.2. The average Bonchev–Trinajstić information content (AvgIpc) is 2.79. The molecule has 1 aromatic rings. The normalized spacial score (nSPS) is 20.7. The van der Waals surface area contributed by atoms with Crippen molar-refractivity contribution in [2.75, 3.05) is 37.2 Å². The van der Waals surface area contributed by atoms with E-state index in [2.05, 4.69) is 17.1 Å². The number of nitrogen functional groups attached to an aromatic ring is 1. The van der Waals surface area contributed by atoms with Crippen molar-refractivity contribution in [1.82, 2.24) is 4.90 Å². The van der Waals surface area contributed by atoms with Gasteiger partial charge >= 0.3 is 0 Å². The lowest BCUT2D eigenvalue weighted by Crippen LogP contribution is -2.22. The first-order valence-electron chi connectivity index (χ1n) is 6.21. The number of nitrogens with two attached hydrogens (primary N) is 1. The zero-order valence-corrected chi connectivity index (χ0v) is 10.2. The highest BCUT2D eigenvalue weighted by atomic mass is 19.1. The molecule has 1 aliphatic heterocycles. The molecule has 1 aliphatic rings. The van der Waals surface area contributed by atoms with E-state index in [4.69, 9.17) is 5.73 Å². The van der Waals surface area contributed by atoms with Crippen LogP contribution in [0.3, 0.4) is 0 Å². The van der Waals surface area contributed by atoms with Crippen LogP contribution in [0.25, 0.3) is 0 Å². The molecule has 2 rings (SSSR count). The minimum Gasteiger partial charge on any atom is -0.395 e. The minimum absolute atomic E-state index is 0.220. The smallest absolute Gasteiger partial charge is 0.148 e. The van der Waals surface area contributed by atoms with Gasteiger partial charge in [-0.25, -0.2) is 4.39 Å². The van der Waals surface area contributed by atoms with Gasteiger partial charge in [0.15, 0.2) is 0 Å². The number of rotatable bonds is 4. The predicted octanol–water partition coefficient (Wildman–Crippen LogP) is 2.16. The van der Waals surface area contributed by atoms with Gasteiger partial charge in [-0.1, -0.05) is 13.0 Å². The average molecular weight is 237 g/mol. The number of benzene rings is 1. The SMILES string of the molecule is CCN1CCC(CNc2cccc(F)c2N)C1. The highest BCUT2D eigenvalue weighted by Crippen LogP contribution is 2.23. The summed E-state index contributed by atoms with van der Waals surface area (Å²) in [7, 11) is 0. The summed E-state index contributed by atoms with van der Waals surface area (Å²) < 4.78 is 13.2. The third kappa shape index (κ3) is 2.88. The Morgan fingerprint density at radius 1 is 1.53 bits per heavy atom. The van der Waals surface area contributed by atoms with E-state index in [0.29, 0.717) is 11.6 Å². The largest absolute Gasteiger partial charge is 0.395 e. The maximum absolute atomic E-state index is 13.2. The van der Waals surface area contributed by atoms with E-state index in [1.165, 1.54) is 19.0 Å². The molecule has 0 aromatic heterocycles. The molecular formula is C13H20FN3. The Balaban J connectivity index is 1.88. The van der Waals surface area contributed by atoms with E-state index in [1.807, 2.05) is 6.07 Å². The third-order valence-electron chi connectivity index (χ3n) is 3.45. The van der Waals surface area contributed by atoms with Crippen LogP contribution in [0.5, 0.6) is 0 Å². The topological polar surface area (TPSA) is 41.3 Å². The van der Waals surface area contributed by atoms with Crippen LogP contribution in [0.2, 0.25) is 0 Å². The molecular weight excluding hydrogens is 217 g/mol. The van der Waals surface area contributed by atoms with Crippen molar-refractivity contribution in [2.24, 2.45) is 5.92 Å². The van der Waals surface area contributed by atoms with E-state index in [9.17, 15) is 4.39 Å². The van der Waals surface area contributed by atoms with E-state index in [1.54, 1.807) is 6.07 Å². The second-order valence-electron chi connectivity index (χ2n) is 4.63. The van der Waals surface area contributed by atoms with Crippen molar-refractivity contribution in [2.45, 2.75) is 13.3 Å². The summed E-state index contributed by atoms with van der Waals surface area (Å²) in [6.45, 7) is 6.45. The van der Waals surface area contributed by atoms with Crippen molar-refractivity contribution in [1.29, 1.82) is 0 Å². The number of halogens is 1. The fraction of sp³-hybridized carbons (Fsp3) is 0.538. The van der Waals surface area contributed by atoms with Gasteiger partial charge in [-0.2, -0.15) is 0 Å². The van der Waals surface area contributed by atoms with Gasteiger partial charge in [0.05, 0.1) is 11.4 Å². The van der Waals surface area contributed by atoms with Crippen LogP contribution in [-0.2, 0) is 0 Å². The van der Waals surface area contributed by atoms with Crippen LogP contribution < -0.4 is 11.1 Å². The molecule has 1 heterocycles.